The number of hydrogen-bond donors (Lipinski definition) is 1. The predicted molar refractivity (Wildman–Crippen MR) is 60.6 cm³/mol. The van der Waals surface area contributed by atoms with E-state index in [2.05, 4.69) is 12.2 Å². The van der Waals surface area contributed by atoms with Crippen molar-refractivity contribution in [3.8, 4) is 0 Å². The van der Waals surface area contributed by atoms with Gasteiger partial charge in [-0.3, -0.25) is 0 Å². The van der Waals surface area contributed by atoms with E-state index in [1.54, 1.807) is 0 Å². The standard InChI is InChI=1S/C12H25NO/c1-2-3-4-5-6-8-14-9-7-12-10-13-11-12/h12-13H,2-11H2,1H3. The molecule has 84 valence electrons. The molecular formula is C12H25NO. The molecule has 1 saturated heterocycles. The number of rotatable bonds is 9. The molecule has 0 spiro atoms. The first-order chi connectivity index (χ1) is 6.93. The van der Waals surface area contributed by atoms with Crippen LogP contribution in [0.3, 0.4) is 0 Å². The van der Waals surface area contributed by atoms with Crippen LogP contribution in [0.15, 0.2) is 0 Å². The number of nitrogens with one attached hydrogen (secondary N) is 1. The van der Waals surface area contributed by atoms with Gasteiger partial charge >= 0.3 is 0 Å². The highest BCUT2D eigenvalue weighted by Crippen LogP contribution is 2.08. The van der Waals surface area contributed by atoms with E-state index in [-0.39, 0.29) is 0 Å². The molecule has 0 amide bonds. The Morgan fingerprint density at radius 2 is 1.86 bits per heavy atom. The van der Waals surface area contributed by atoms with Gasteiger partial charge in [0.15, 0.2) is 0 Å². The van der Waals surface area contributed by atoms with E-state index in [4.69, 9.17) is 4.74 Å². The number of ether oxygens (including phenoxy) is 1. The highest BCUT2D eigenvalue weighted by atomic mass is 16.5. The Morgan fingerprint density at radius 1 is 1.07 bits per heavy atom. The van der Waals surface area contributed by atoms with Crippen LogP contribution in [0.25, 0.3) is 0 Å². The summed E-state index contributed by atoms with van der Waals surface area (Å²) in [5.74, 6) is 0.898. The fraction of sp³-hybridized carbons (Fsp3) is 1.00. The van der Waals surface area contributed by atoms with E-state index in [1.807, 2.05) is 0 Å². The zero-order valence-corrected chi connectivity index (χ0v) is 9.56. The van der Waals surface area contributed by atoms with Gasteiger partial charge in [0.25, 0.3) is 0 Å². The summed E-state index contributed by atoms with van der Waals surface area (Å²) in [4.78, 5) is 0. The van der Waals surface area contributed by atoms with Crippen molar-refractivity contribution in [2.75, 3.05) is 26.3 Å². The smallest absolute Gasteiger partial charge is 0.0469 e. The van der Waals surface area contributed by atoms with Gasteiger partial charge in [0, 0.05) is 13.2 Å². The third kappa shape index (κ3) is 5.61. The van der Waals surface area contributed by atoms with Gasteiger partial charge in [-0.25, -0.2) is 0 Å². The van der Waals surface area contributed by atoms with Gasteiger partial charge in [0.05, 0.1) is 0 Å². The fourth-order valence-corrected chi connectivity index (χ4v) is 1.71. The zero-order chi connectivity index (χ0) is 10.1. The van der Waals surface area contributed by atoms with Gasteiger partial charge in [-0.15, -0.1) is 0 Å². The van der Waals surface area contributed by atoms with Crippen molar-refractivity contribution in [2.24, 2.45) is 5.92 Å². The van der Waals surface area contributed by atoms with Crippen LogP contribution in [-0.2, 0) is 4.74 Å². The maximum atomic E-state index is 5.59. The molecule has 0 saturated carbocycles. The third-order valence-corrected chi connectivity index (χ3v) is 2.93. The molecule has 0 aromatic rings. The van der Waals surface area contributed by atoms with Gasteiger partial charge in [0.2, 0.25) is 0 Å². The van der Waals surface area contributed by atoms with Crippen molar-refractivity contribution in [1.82, 2.24) is 5.32 Å². The Morgan fingerprint density at radius 3 is 2.50 bits per heavy atom. The summed E-state index contributed by atoms with van der Waals surface area (Å²) >= 11 is 0. The lowest BCUT2D eigenvalue weighted by Crippen LogP contribution is -2.42. The largest absolute Gasteiger partial charge is 0.381 e. The lowest BCUT2D eigenvalue weighted by atomic mass is 10.0. The van der Waals surface area contributed by atoms with Crippen LogP contribution in [-0.4, -0.2) is 26.3 Å². The van der Waals surface area contributed by atoms with Crippen molar-refractivity contribution in [2.45, 2.75) is 45.4 Å². The number of unbranched alkanes of at least 4 members (excludes halogenated alkanes) is 4. The van der Waals surface area contributed by atoms with Crippen molar-refractivity contribution in [1.29, 1.82) is 0 Å². The predicted octanol–water partition coefficient (Wildman–Crippen LogP) is 2.58. The van der Waals surface area contributed by atoms with Crippen molar-refractivity contribution in [3.05, 3.63) is 0 Å². The maximum Gasteiger partial charge on any atom is 0.0469 e. The third-order valence-electron chi connectivity index (χ3n) is 2.93. The normalized spacial score (nSPS) is 16.9. The molecule has 0 radical (unpaired) electrons. The molecule has 1 aliphatic rings. The Labute approximate surface area is 88.4 Å². The minimum absolute atomic E-state index is 0.898. The summed E-state index contributed by atoms with van der Waals surface area (Å²) < 4.78 is 5.59. The first-order valence-corrected chi connectivity index (χ1v) is 6.22. The molecule has 0 bridgehead atoms. The molecule has 0 aliphatic carbocycles. The topological polar surface area (TPSA) is 21.3 Å². The summed E-state index contributed by atoms with van der Waals surface area (Å²) in [5, 5.41) is 3.28. The first-order valence-electron chi connectivity index (χ1n) is 6.22. The molecule has 1 fully saturated rings. The van der Waals surface area contributed by atoms with Crippen molar-refractivity contribution >= 4 is 0 Å². The molecule has 1 rings (SSSR count). The second-order valence-electron chi connectivity index (χ2n) is 4.34. The molecular weight excluding hydrogens is 174 g/mol. The summed E-state index contributed by atoms with van der Waals surface area (Å²) in [7, 11) is 0. The van der Waals surface area contributed by atoms with E-state index in [0.29, 0.717) is 0 Å². The molecule has 0 aromatic heterocycles. The van der Waals surface area contributed by atoms with Gasteiger partial charge in [-0.2, -0.15) is 0 Å². The zero-order valence-electron chi connectivity index (χ0n) is 9.56. The molecule has 0 aromatic carbocycles. The molecule has 2 nitrogen and oxygen atoms in total. The van der Waals surface area contributed by atoms with Crippen LogP contribution in [0.4, 0.5) is 0 Å². The van der Waals surface area contributed by atoms with Crippen LogP contribution in [0.5, 0.6) is 0 Å². The Bertz CT molecular complexity index is 123. The van der Waals surface area contributed by atoms with Crippen LogP contribution in [0.1, 0.15) is 45.4 Å². The summed E-state index contributed by atoms with van der Waals surface area (Å²) in [6, 6.07) is 0. The van der Waals surface area contributed by atoms with E-state index < -0.39 is 0 Å². The lowest BCUT2D eigenvalue weighted by molar-refractivity contribution is 0.108. The molecule has 1 heterocycles. The average Bonchev–Trinajstić information content (AvgIpc) is 2.13. The first kappa shape index (κ1) is 12.0. The fourth-order valence-electron chi connectivity index (χ4n) is 1.71. The van der Waals surface area contributed by atoms with Crippen LogP contribution >= 0.6 is 0 Å². The molecule has 1 N–H and O–H groups in total. The lowest BCUT2D eigenvalue weighted by Gasteiger charge is -2.26. The van der Waals surface area contributed by atoms with E-state index in [1.165, 1.54) is 51.6 Å². The second kappa shape index (κ2) is 8.25. The van der Waals surface area contributed by atoms with Crippen molar-refractivity contribution in [3.63, 3.8) is 0 Å². The van der Waals surface area contributed by atoms with Crippen LogP contribution < -0.4 is 5.32 Å². The van der Waals surface area contributed by atoms with Crippen LogP contribution in [0, 0.1) is 5.92 Å². The average molecular weight is 199 g/mol. The van der Waals surface area contributed by atoms with Gasteiger partial charge in [-0.05, 0) is 31.8 Å². The van der Waals surface area contributed by atoms with Gasteiger partial charge < -0.3 is 10.1 Å². The molecule has 1 aliphatic heterocycles. The van der Waals surface area contributed by atoms with E-state index >= 15 is 0 Å². The minimum atomic E-state index is 0.898. The SMILES string of the molecule is CCCCCCCOCCC1CNC1. The monoisotopic (exact) mass is 199 g/mol. The number of hydrogen-bond acceptors (Lipinski definition) is 2. The van der Waals surface area contributed by atoms with E-state index in [0.717, 1.165) is 19.1 Å². The minimum Gasteiger partial charge on any atom is -0.381 e. The Kier molecular flexibility index (Phi) is 7.06. The van der Waals surface area contributed by atoms with E-state index in [9.17, 15) is 0 Å². The quantitative estimate of drug-likeness (QED) is 0.576. The Hall–Kier alpha value is -0.0800. The van der Waals surface area contributed by atoms with Gasteiger partial charge in [-0.1, -0.05) is 32.6 Å². The molecule has 2 heteroatoms. The summed E-state index contributed by atoms with van der Waals surface area (Å²) in [5.41, 5.74) is 0. The molecule has 14 heavy (non-hydrogen) atoms. The highest BCUT2D eigenvalue weighted by Gasteiger charge is 2.15. The second-order valence-corrected chi connectivity index (χ2v) is 4.34. The summed E-state index contributed by atoms with van der Waals surface area (Å²) in [6.07, 6.45) is 7.94. The van der Waals surface area contributed by atoms with Gasteiger partial charge in [0.1, 0.15) is 0 Å². The van der Waals surface area contributed by atoms with Crippen LogP contribution in [0.2, 0.25) is 0 Å². The summed E-state index contributed by atoms with van der Waals surface area (Å²) in [6.45, 7) is 6.62. The molecule has 0 unspecified atom stereocenters. The molecule has 0 atom stereocenters. The Balaban J connectivity index is 1.67. The maximum absolute atomic E-state index is 5.59. The highest BCUT2D eigenvalue weighted by molar-refractivity contribution is 4.73. The van der Waals surface area contributed by atoms with Crippen molar-refractivity contribution < 1.29 is 4.74 Å².